The van der Waals surface area contributed by atoms with E-state index < -0.39 is 5.41 Å². The highest BCUT2D eigenvalue weighted by Gasteiger charge is 2.21. The lowest BCUT2D eigenvalue weighted by Gasteiger charge is -2.17. The number of amides is 1. The third-order valence-corrected chi connectivity index (χ3v) is 5.57. The maximum Gasteiger partial charge on any atom is 0.229 e. The molecular formula is C20H19ClN6OS. The van der Waals surface area contributed by atoms with Gasteiger partial charge in [-0.1, -0.05) is 55.8 Å². The van der Waals surface area contributed by atoms with Crippen LogP contribution in [0.1, 0.15) is 20.8 Å². The van der Waals surface area contributed by atoms with Crippen molar-refractivity contribution in [3.8, 4) is 10.6 Å². The molecule has 0 spiro atoms. The van der Waals surface area contributed by atoms with E-state index in [-0.39, 0.29) is 5.91 Å². The maximum atomic E-state index is 12.2. The first kappa shape index (κ1) is 19.4. The van der Waals surface area contributed by atoms with Crippen LogP contribution in [0.3, 0.4) is 0 Å². The van der Waals surface area contributed by atoms with Crippen LogP contribution in [-0.2, 0) is 4.79 Å². The summed E-state index contributed by atoms with van der Waals surface area (Å²) in [6.07, 6.45) is 1.69. The summed E-state index contributed by atoms with van der Waals surface area (Å²) in [6.45, 7) is 5.63. The van der Waals surface area contributed by atoms with Crippen LogP contribution >= 0.6 is 22.9 Å². The molecule has 0 unspecified atom stereocenters. The number of benzene rings is 2. The molecule has 9 heteroatoms. The Bertz CT molecular complexity index is 1190. The third kappa shape index (κ3) is 4.08. The molecule has 4 aromatic rings. The fraction of sp³-hybridized carbons (Fsp3) is 0.200. The van der Waals surface area contributed by atoms with E-state index >= 15 is 0 Å². The quantitative estimate of drug-likeness (QED) is 0.402. The zero-order chi connectivity index (χ0) is 20.6. The molecule has 2 aromatic heterocycles. The number of carbonyl (C=O) groups excluding carboxylic acids is 1. The summed E-state index contributed by atoms with van der Waals surface area (Å²) in [7, 11) is 0. The van der Waals surface area contributed by atoms with Crippen LogP contribution in [-0.4, -0.2) is 26.3 Å². The first-order chi connectivity index (χ1) is 13.8. The smallest absolute Gasteiger partial charge is 0.229 e. The molecule has 0 aliphatic carbocycles. The van der Waals surface area contributed by atoms with Crippen LogP contribution < -0.4 is 10.6 Å². The lowest BCUT2D eigenvalue weighted by molar-refractivity contribution is -0.123. The van der Waals surface area contributed by atoms with Crippen molar-refractivity contribution >= 4 is 56.3 Å². The van der Waals surface area contributed by atoms with Crippen LogP contribution in [0.2, 0.25) is 5.02 Å². The largest absolute Gasteiger partial charge is 0.329 e. The van der Waals surface area contributed by atoms with E-state index in [0.717, 1.165) is 32.8 Å². The van der Waals surface area contributed by atoms with E-state index in [1.165, 1.54) is 11.3 Å². The maximum absolute atomic E-state index is 12.2. The first-order valence-electron chi connectivity index (χ1n) is 8.95. The lowest BCUT2D eigenvalue weighted by Crippen LogP contribution is -2.27. The molecule has 0 saturated heterocycles. The Kier molecular flexibility index (Phi) is 4.97. The van der Waals surface area contributed by atoms with Gasteiger partial charge in [0, 0.05) is 22.1 Å². The number of anilines is 3. The van der Waals surface area contributed by atoms with Crippen molar-refractivity contribution in [1.82, 2.24) is 20.4 Å². The van der Waals surface area contributed by atoms with Gasteiger partial charge >= 0.3 is 0 Å². The van der Waals surface area contributed by atoms with Crippen LogP contribution in [0.15, 0.2) is 42.6 Å². The SMILES string of the molecule is CC(C)(C)C(=O)Nc1cccc(-c2nnc(Nc3ccc4[nH]ncc4c3Cl)s2)c1. The molecule has 1 amide bonds. The number of rotatable bonds is 4. The second-order valence-corrected chi connectivity index (χ2v) is 8.94. The lowest BCUT2D eigenvalue weighted by atomic mass is 9.95. The highest BCUT2D eigenvalue weighted by Crippen LogP contribution is 2.34. The summed E-state index contributed by atoms with van der Waals surface area (Å²) in [4.78, 5) is 12.2. The minimum absolute atomic E-state index is 0.0430. The predicted octanol–water partition coefficient (Wildman–Crippen LogP) is 5.46. The van der Waals surface area contributed by atoms with Crippen molar-refractivity contribution < 1.29 is 4.79 Å². The standard InChI is InChI=1S/C20H19ClN6OS/c1-20(2,3)18(28)23-12-6-4-5-11(9-12)17-26-27-19(29-17)24-15-8-7-14-13(16(15)21)10-22-25-14/h4-10H,1-3H3,(H,22,25)(H,23,28)(H,24,27). The zero-order valence-electron chi connectivity index (χ0n) is 16.1. The summed E-state index contributed by atoms with van der Waals surface area (Å²) in [5.41, 5.74) is 2.73. The summed E-state index contributed by atoms with van der Waals surface area (Å²) < 4.78 is 0. The number of nitrogens with one attached hydrogen (secondary N) is 3. The fourth-order valence-electron chi connectivity index (χ4n) is 2.63. The Hall–Kier alpha value is -2.97. The highest BCUT2D eigenvalue weighted by molar-refractivity contribution is 7.18. The van der Waals surface area contributed by atoms with Gasteiger partial charge in [-0.05, 0) is 24.3 Å². The number of aromatic nitrogens is 4. The van der Waals surface area contributed by atoms with E-state index in [1.54, 1.807) is 6.20 Å². The monoisotopic (exact) mass is 426 g/mol. The second-order valence-electron chi connectivity index (χ2n) is 7.58. The van der Waals surface area contributed by atoms with E-state index in [1.807, 2.05) is 57.2 Å². The minimum atomic E-state index is -0.467. The molecular weight excluding hydrogens is 408 g/mol. The van der Waals surface area contributed by atoms with Gasteiger partial charge in [-0.2, -0.15) is 5.10 Å². The molecule has 148 valence electrons. The number of hydrogen-bond donors (Lipinski definition) is 3. The fourth-order valence-corrected chi connectivity index (χ4v) is 3.65. The average Bonchev–Trinajstić information content (AvgIpc) is 3.33. The van der Waals surface area contributed by atoms with Gasteiger partial charge in [-0.3, -0.25) is 9.89 Å². The van der Waals surface area contributed by atoms with Gasteiger partial charge in [-0.25, -0.2) is 0 Å². The van der Waals surface area contributed by atoms with Crippen molar-refractivity contribution in [1.29, 1.82) is 0 Å². The number of fused-ring (bicyclic) bond motifs is 1. The first-order valence-corrected chi connectivity index (χ1v) is 10.1. The molecule has 0 aliphatic heterocycles. The Morgan fingerprint density at radius 1 is 1.17 bits per heavy atom. The number of aromatic amines is 1. The molecule has 29 heavy (non-hydrogen) atoms. The zero-order valence-corrected chi connectivity index (χ0v) is 17.6. The Morgan fingerprint density at radius 3 is 2.79 bits per heavy atom. The molecule has 0 aliphatic rings. The molecule has 2 aromatic carbocycles. The van der Waals surface area contributed by atoms with Crippen LogP contribution in [0.25, 0.3) is 21.5 Å². The molecule has 2 heterocycles. The van der Waals surface area contributed by atoms with Gasteiger partial charge in [0.25, 0.3) is 0 Å². The van der Waals surface area contributed by atoms with Gasteiger partial charge in [0.15, 0.2) is 0 Å². The minimum Gasteiger partial charge on any atom is -0.329 e. The number of H-pyrrole nitrogens is 1. The van der Waals surface area contributed by atoms with Gasteiger partial charge in [0.1, 0.15) is 5.01 Å². The van der Waals surface area contributed by atoms with E-state index in [4.69, 9.17) is 11.6 Å². The number of carbonyl (C=O) groups is 1. The normalized spacial score (nSPS) is 11.6. The summed E-state index contributed by atoms with van der Waals surface area (Å²) >= 11 is 7.86. The third-order valence-electron chi connectivity index (χ3n) is 4.27. The van der Waals surface area contributed by atoms with Gasteiger partial charge in [0.05, 0.1) is 22.4 Å². The summed E-state index contributed by atoms with van der Waals surface area (Å²) in [5.74, 6) is -0.0430. The number of hydrogen-bond acceptors (Lipinski definition) is 6. The van der Waals surface area contributed by atoms with Crippen LogP contribution in [0.4, 0.5) is 16.5 Å². The Labute approximate surface area is 176 Å². The van der Waals surface area contributed by atoms with Crippen molar-refractivity contribution in [2.24, 2.45) is 5.41 Å². The molecule has 0 atom stereocenters. The molecule has 0 fully saturated rings. The number of halogens is 1. The molecule has 0 radical (unpaired) electrons. The van der Waals surface area contributed by atoms with E-state index in [9.17, 15) is 4.79 Å². The molecule has 7 nitrogen and oxygen atoms in total. The van der Waals surface area contributed by atoms with Crippen molar-refractivity contribution in [2.75, 3.05) is 10.6 Å². The molecule has 3 N–H and O–H groups in total. The predicted molar refractivity (Wildman–Crippen MR) is 118 cm³/mol. The number of nitrogens with zero attached hydrogens (tertiary/aromatic N) is 3. The van der Waals surface area contributed by atoms with E-state index in [0.29, 0.717) is 10.2 Å². The molecule has 0 saturated carbocycles. The van der Waals surface area contributed by atoms with Crippen molar-refractivity contribution in [2.45, 2.75) is 20.8 Å². The topological polar surface area (TPSA) is 95.6 Å². The van der Waals surface area contributed by atoms with Gasteiger partial charge in [-0.15, -0.1) is 10.2 Å². The molecule has 4 rings (SSSR count). The Morgan fingerprint density at radius 2 is 2.00 bits per heavy atom. The summed E-state index contributed by atoms with van der Waals surface area (Å²) in [6, 6.07) is 11.3. The highest BCUT2D eigenvalue weighted by atomic mass is 35.5. The van der Waals surface area contributed by atoms with Crippen molar-refractivity contribution in [3.05, 3.63) is 47.6 Å². The van der Waals surface area contributed by atoms with Gasteiger partial charge < -0.3 is 10.6 Å². The molecule has 0 bridgehead atoms. The second kappa shape index (κ2) is 7.46. The van der Waals surface area contributed by atoms with Crippen molar-refractivity contribution in [3.63, 3.8) is 0 Å². The van der Waals surface area contributed by atoms with Crippen LogP contribution in [0.5, 0.6) is 0 Å². The Balaban J connectivity index is 1.55. The average molecular weight is 427 g/mol. The summed E-state index contributed by atoms with van der Waals surface area (Å²) in [5, 5.41) is 24.3. The van der Waals surface area contributed by atoms with Gasteiger partial charge in [0.2, 0.25) is 11.0 Å². The van der Waals surface area contributed by atoms with E-state index in [2.05, 4.69) is 31.0 Å². The van der Waals surface area contributed by atoms with Crippen LogP contribution in [0, 0.1) is 5.41 Å².